The van der Waals surface area contributed by atoms with E-state index in [0.29, 0.717) is 25.3 Å². The van der Waals surface area contributed by atoms with Gasteiger partial charge in [0.1, 0.15) is 6.33 Å². The number of carbonyl (C=O) groups excluding carboxylic acids is 1. The molecule has 2 aromatic heterocycles. The zero-order valence-electron chi connectivity index (χ0n) is 13.4. The Morgan fingerprint density at radius 3 is 2.92 bits per heavy atom. The first-order chi connectivity index (χ1) is 11.7. The molecule has 128 valence electrons. The van der Waals surface area contributed by atoms with Gasteiger partial charge in [-0.25, -0.2) is 9.67 Å². The van der Waals surface area contributed by atoms with Crippen LogP contribution in [0, 0.1) is 5.92 Å². The first-order valence-corrected chi connectivity index (χ1v) is 7.84. The fourth-order valence-electron chi connectivity index (χ4n) is 2.82. The maximum absolute atomic E-state index is 12.3. The average molecular weight is 332 g/mol. The van der Waals surface area contributed by atoms with Crippen LogP contribution in [-0.2, 0) is 11.3 Å². The van der Waals surface area contributed by atoms with Crippen LogP contribution in [0.2, 0.25) is 0 Å². The maximum atomic E-state index is 12.3. The number of hydrogen-bond donors (Lipinski definition) is 2. The van der Waals surface area contributed by atoms with Crippen LogP contribution in [0.25, 0.3) is 0 Å². The summed E-state index contributed by atoms with van der Waals surface area (Å²) in [6.45, 7) is 0.416. The van der Waals surface area contributed by atoms with Gasteiger partial charge in [0.25, 0.3) is 0 Å². The highest BCUT2D eigenvalue weighted by atomic mass is 16.5. The zero-order valence-corrected chi connectivity index (χ0v) is 13.4. The van der Waals surface area contributed by atoms with Crippen LogP contribution in [0.4, 0.5) is 0 Å². The minimum Gasteiger partial charge on any atom is -0.481 e. The minimum absolute atomic E-state index is 0.0901. The largest absolute Gasteiger partial charge is 0.481 e. The highest BCUT2D eigenvalue weighted by Crippen LogP contribution is 2.38. The summed E-state index contributed by atoms with van der Waals surface area (Å²) in [5.41, 5.74) is 0.906. The number of nitrogens with zero attached hydrogens (tertiary/aromatic N) is 5. The van der Waals surface area contributed by atoms with E-state index in [1.807, 2.05) is 6.07 Å². The summed E-state index contributed by atoms with van der Waals surface area (Å²) in [5, 5.41) is 23.4. The van der Waals surface area contributed by atoms with Crippen molar-refractivity contribution >= 4 is 5.91 Å². The molecular weight excluding hydrogens is 312 g/mol. The lowest BCUT2D eigenvalue weighted by Crippen LogP contribution is -2.41. The smallest absolute Gasteiger partial charge is 0.222 e. The Kier molecular flexibility index (Phi) is 4.99. The standard InChI is InChI=1S/C15H20N6O3/c1-24-14-3-2-10(8-16-14)15(11-6-12(22)7-11)18-13(23)4-5-21-9-17-19-20-21/h2-3,8-9,11-12,15,22H,4-7H2,1H3,(H,18,23)/t11?,12?,15-/m0/s1. The molecular formula is C15H20N6O3. The van der Waals surface area contributed by atoms with Crippen LogP contribution in [-0.4, -0.2) is 49.4 Å². The van der Waals surface area contributed by atoms with Gasteiger partial charge in [-0.1, -0.05) is 6.07 Å². The third-order valence-electron chi connectivity index (χ3n) is 4.22. The number of rotatable bonds is 7. The number of ether oxygens (including phenoxy) is 1. The molecule has 0 radical (unpaired) electrons. The molecule has 0 aromatic carbocycles. The summed E-state index contributed by atoms with van der Waals surface area (Å²) in [4.78, 5) is 16.5. The summed E-state index contributed by atoms with van der Waals surface area (Å²) in [7, 11) is 1.56. The lowest BCUT2D eigenvalue weighted by Gasteiger charge is -2.38. The van der Waals surface area contributed by atoms with Crippen molar-refractivity contribution in [1.29, 1.82) is 0 Å². The second-order valence-electron chi connectivity index (χ2n) is 5.89. The van der Waals surface area contributed by atoms with Gasteiger partial charge in [-0.15, -0.1) is 5.10 Å². The highest BCUT2D eigenvalue weighted by Gasteiger charge is 2.35. The van der Waals surface area contributed by atoms with Crippen LogP contribution < -0.4 is 10.1 Å². The summed E-state index contributed by atoms with van der Waals surface area (Å²) in [6.07, 6.45) is 4.51. The third kappa shape index (κ3) is 3.85. The van der Waals surface area contributed by atoms with Gasteiger partial charge in [-0.3, -0.25) is 4.79 Å². The van der Waals surface area contributed by atoms with Crippen molar-refractivity contribution < 1.29 is 14.6 Å². The van der Waals surface area contributed by atoms with Gasteiger partial charge in [0.2, 0.25) is 11.8 Å². The van der Waals surface area contributed by atoms with Gasteiger partial charge >= 0.3 is 0 Å². The van der Waals surface area contributed by atoms with Crippen LogP contribution in [0.5, 0.6) is 5.88 Å². The Bertz CT molecular complexity index is 654. The molecule has 1 amide bonds. The lowest BCUT2D eigenvalue weighted by atomic mass is 9.75. The number of aryl methyl sites for hydroxylation is 1. The van der Waals surface area contributed by atoms with Crippen LogP contribution >= 0.6 is 0 Å². The Balaban J connectivity index is 1.64. The van der Waals surface area contributed by atoms with Gasteiger partial charge in [-0.2, -0.15) is 0 Å². The Morgan fingerprint density at radius 1 is 1.50 bits per heavy atom. The molecule has 24 heavy (non-hydrogen) atoms. The van der Waals surface area contributed by atoms with E-state index in [1.165, 1.54) is 11.0 Å². The van der Waals surface area contributed by atoms with Crippen molar-refractivity contribution in [3.8, 4) is 5.88 Å². The molecule has 1 aliphatic carbocycles. The van der Waals surface area contributed by atoms with Crippen molar-refractivity contribution in [1.82, 2.24) is 30.5 Å². The van der Waals surface area contributed by atoms with Crippen molar-refractivity contribution in [2.75, 3.05) is 7.11 Å². The second kappa shape index (κ2) is 7.35. The van der Waals surface area contributed by atoms with E-state index in [0.717, 1.165) is 5.56 Å². The minimum atomic E-state index is -0.290. The van der Waals surface area contributed by atoms with E-state index in [2.05, 4.69) is 25.8 Å². The Hall–Kier alpha value is -2.55. The van der Waals surface area contributed by atoms with Gasteiger partial charge in [0.15, 0.2) is 0 Å². The van der Waals surface area contributed by atoms with E-state index in [1.54, 1.807) is 19.4 Å². The van der Waals surface area contributed by atoms with Crippen molar-refractivity contribution in [2.24, 2.45) is 5.92 Å². The molecule has 0 saturated heterocycles. The third-order valence-corrected chi connectivity index (χ3v) is 4.22. The predicted molar refractivity (Wildman–Crippen MR) is 82.8 cm³/mol. The van der Waals surface area contributed by atoms with Crippen LogP contribution in [0.1, 0.15) is 30.9 Å². The fourth-order valence-corrected chi connectivity index (χ4v) is 2.82. The predicted octanol–water partition coefficient (Wildman–Crippen LogP) is 0.0952. The molecule has 3 rings (SSSR count). The lowest BCUT2D eigenvalue weighted by molar-refractivity contribution is -0.123. The summed E-state index contributed by atoms with van der Waals surface area (Å²) >= 11 is 0. The molecule has 0 unspecified atom stereocenters. The van der Waals surface area contributed by atoms with Crippen molar-refractivity contribution in [2.45, 2.75) is 38.0 Å². The molecule has 9 nitrogen and oxygen atoms in total. The number of aliphatic hydroxyl groups excluding tert-OH is 1. The average Bonchev–Trinajstić information content (AvgIpc) is 3.09. The normalized spacial score (nSPS) is 20.9. The van der Waals surface area contributed by atoms with Crippen molar-refractivity contribution in [3.63, 3.8) is 0 Å². The fraction of sp³-hybridized carbons (Fsp3) is 0.533. The molecule has 2 aromatic rings. The van der Waals surface area contributed by atoms with Gasteiger partial charge in [0.05, 0.1) is 25.8 Å². The Labute approximate surface area is 139 Å². The molecule has 2 heterocycles. The number of aromatic nitrogens is 5. The van der Waals surface area contributed by atoms with E-state index >= 15 is 0 Å². The number of methoxy groups -OCH3 is 1. The SMILES string of the molecule is COc1ccc([C@H](NC(=O)CCn2cnnn2)C2CC(O)C2)cn1. The molecule has 0 aliphatic heterocycles. The van der Waals surface area contributed by atoms with Gasteiger partial charge in [0, 0.05) is 18.7 Å². The molecule has 1 aliphatic rings. The molecule has 1 atom stereocenters. The number of amides is 1. The molecule has 2 N–H and O–H groups in total. The summed E-state index contributed by atoms with van der Waals surface area (Å²) < 4.78 is 6.58. The first-order valence-electron chi connectivity index (χ1n) is 7.84. The number of tetrazole rings is 1. The molecule has 1 fully saturated rings. The molecule has 0 spiro atoms. The second-order valence-corrected chi connectivity index (χ2v) is 5.89. The van der Waals surface area contributed by atoms with Gasteiger partial charge in [-0.05, 0) is 34.7 Å². The highest BCUT2D eigenvalue weighted by molar-refractivity contribution is 5.76. The number of carbonyl (C=O) groups is 1. The van der Waals surface area contributed by atoms with Gasteiger partial charge < -0.3 is 15.2 Å². The first kappa shape index (κ1) is 16.3. The Morgan fingerprint density at radius 2 is 2.33 bits per heavy atom. The number of aliphatic hydroxyl groups is 1. The summed E-state index contributed by atoms with van der Waals surface area (Å²) in [5.74, 6) is 0.635. The monoisotopic (exact) mass is 332 g/mol. The topological polar surface area (TPSA) is 115 Å². The quantitative estimate of drug-likeness (QED) is 0.738. The van der Waals surface area contributed by atoms with Crippen LogP contribution in [0.3, 0.4) is 0 Å². The zero-order chi connectivity index (χ0) is 16.9. The number of nitrogens with one attached hydrogen (secondary N) is 1. The van der Waals surface area contributed by atoms with Crippen LogP contribution in [0.15, 0.2) is 24.7 Å². The van der Waals surface area contributed by atoms with E-state index in [-0.39, 0.29) is 30.4 Å². The number of pyridine rings is 1. The molecule has 1 saturated carbocycles. The van der Waals surface area contributed by atoms with E-state index < -0.39 is 0 Å². The molecule has 9 heteroatoms. The number of hydrogen-bond acceptors (Lipinski definition) is 7. The maximum Gasteiger partial charge on any atom is 0.222 e. The van der Waals surface area contributed by atoms with E-state index in [4.69, 9.17) is 4.74 Å². The van der Waals surface area contributed by atoms with E-state index in [9.17, 15) is 9.90 Å². The summed E-state index contributed by atoms with van der Waals surface area (Å²) in [6, 6.07) is 3.49. The van der Waals surface area contributed by atoms with Crippen molar-refractivity contribution in [3.05, 3.63) is 30.2 Å². The molecule has 0 bridgehead atoms.